The van der Waals surface area contributed by atoms with E-state index < -0.39 is 0 Å². The third-order valence-electron chi connectivity index (χ3n) is 4.41. The Hall–Kier alpha value is -0.730. The molecule has 0 aromatic carbocycles. The summed E-state index contributed by atoms with van der Waals surface area (Å²) in [5.74, 6) is 0.814. The Kier molecular flexibility index (Phi) is 4.30. The highest BCUT2D eigenvalue weighted by Gasteiger charge is 2.31. The molecule has 2 atom stereocenters. The highest BCUT2D eigenvalue weighted by molar-refractivity contribution is 5.79. The number of aliphatic imine (C=N–C) groups is 1. The predicted molar refractivity (Wildman–Crippen MR) is 73.1 cm³/mol. The number of hydrogen-bond acceptors (Lipinski definition) is 1. The third kappa shape index (κ3) is 2.93. The Labute approximate surface area is 105 Å². The SMILES string of the molecule is CCC1CCC(C)N1C(N)=NC1CCCCC1. The standard InChI is InChI=1S/C14H27N3/c1-3-13-10-9-11(2)17(13)14(15)16-12-7-5-4-6-8-12/h11-13H,3-10H2,1-2H3,(H2,15,16). The molecule has 98 valence electrons. The molecule has 0 amide bonds. The molecule has 0 radical (unpaired) electrons. The summed E-state index contributed by atoms with van der Waals surface area (Å²) in [6.45, 7) is 4.53. The van der Waals surface area contributed by atoms with E-state index in [4.69, 9.17) is 10.7 Å². The fourth-order valence-electron chi connectivity index (χ4n) is 3.35. The van der Waals surface area contributed by atoms with Crippen LogP contribution >= 0.6 is 0 Å². The Morgan fingerprint density at radius 3 is 2.53 bits per heavy atom. The maximum absolute atomic E-state index is 6.24. The predicted octanol–water partition coefficient (Wildman–Crippen LogP) is 2.90. The number of nitrogens with zero attached hydrogens (tertiary/aromatic N) is 2. The molecule has 2 fully saturated rings. The zero-order chi connectivity index (χ0) is 12.3. The van der Waals surface area contributed by atoms with Crippen molar-refractivity contribution in [3.05, 3.63) is 0 Å². The quantitative estimate of drug-likeness (QED) is 0.592. The van der Waals surface area contributed by atoms with E-state index in [1.165, 1.54) is 51.4 Å². The number of hydrogen-bond donors (Lipinski definition) is 1. The van der Waals surface area contributed by atoms with Gasteiger partial charge in [0, 0.05) is 12.1 Å². The first-order chi connectivity index (χ1) is 8.22. The van der Waals surface area contributed by atoms with Crippen LogP contribution in [0.15, 0.2) is 4.99 Å². The summed E-state index contributed by atoms with van der Waals surface area (Å²) in [6.07, 6.45) is 10.2. The topological polar surface area (TPSA) is 41.6 Å². The molecule has 1 saturated heterocycles. The Morgan fingerprint density at radius 1 is 1.18 bits per heavy atom. The summed E-state index contributed by atoms with van der Waals surface area (Å²) >= 11 is 0. The van der Waals surface area contributed by atoms with Crippen molar-refractivity contribution in [1.29, 1.82) is 0 Å². The van der Waals surface area contributed by atoms with Gasteiger partial charge in [-0.1, -0.05) is 26.2 Å². The average molecular weight is 237 g/mol. The van der Waals surface area contributed by atoms with Crippen molar-refractivity contribution in [2.24, 2.45) is 10.7 Å². The Bertz CT molecular complexity index is 269. The molecule has 3 heteroatoms. The number of rotatable bonds is 2. The van der Waals surface area contributed by atoms with Gasteiger partial charge in [0.1, 0.15) is 0 Å². The average Bonchev–Trinajstić information content (AvgIpc) is 2.71. The molecule has 0 bridgehead atoms. The van der Waals surface area contributed by atoms with Crippen LogP contribution in [0.25, 0.3) is 0 Å². The van der Waals surface area contributed by atoms with Crippen molar-refractivity contribution in [2.45, 2.75) is 83.3 Å². The van der Waals surface area contributed by atoms with Gasteiger partial charge < -0.3 is 10.6 Å². The smallest absolute Gasteiger partial charge is 0.192 e. The van der Waals surface area contributed by atoms with E-state index in [1.54, 1.807) is 0 Å². The van der Waals surface area contributed by atoms with Crippen LogP contribution in [0.1, 0.15) is 65.2 Å². The van der Waals surface area contributed by atoms with Crippen LogP contribution in [-0.4, -0.2) is 29.0 Å². The molecule has 1 saturated carbocycles. The monoisotopic (exact) mass is 237 g/mol. The second-order valence-electron chi connectivity index (χ2n) is 5.67. The molecular weight excluding hydrogens is 210 g/mol. The first kappa shape index (κ1) is 12.7. The van der Waals surface area contributed by atoms with Gasteiger partial charge in [-0.25, -0.2) is 4.99 Å². The first-order valence-electron chi connectivity index (χ1n) is 7.34. The molecule has 3 nitrogen and oxygen atoms in total. The van der Waals surface area contributed by atoms with Crippen LogP contribution in [-0.2, 0) is 0 Å². The van der Waals surface area contributed by atoms with Crippen LogP contribution in [0.2, 0.25) is 0 Å². The van der Waals surface area contributed by atoms with Crippen molar-refractivity contribution in [2.75, 3.05) is 0 Å². The second kappa shape index (κ2) is 5.74. The molecule has 0 aromatic heterocycles. The van der Waals surface area contributed by atoms with E-state index in [9.17, 15) is 0 Å². The zero-order valence-electron chi connectivity index (χ0n) is 11.4. The van der Waals surface area contributed by atoms with Gasteiger partial charge in [0.05, 0.1) is 6.04 Å². The van der Waals surface area contributed by atoms with Gasteiger partial charge in [-0.05, 0) is 39.0 Å². The fraction of sp³-hybridized carbons (Fsp3) is 0.929. The lowest BCUT2D eigenvalue weighted by molar-refractivity contribution is 0.312. The van der Waals surface area contributed by atoms with Gasteiger partial charge in [0.25, 0.3) is 0 Å². The van der Waals surface area contributed by atoms with Crippen molar-refractivity contribution in [1.82, 2.24) is 4.90 Å². The summed E-state index contributed by atoms with van der Waals surface area (Å²) < 4.78 is 0. The van der Waals surface area contributed by atoms with Crippen LogP contribution < -0.4 is 5.73 Å². The fourth-order valence-corrected chi connectivity index (χ4v) is 3.35. The van der Waals surface area contributed by atoms with Gasteiger partial charge in [0.2, 0.25) is 0 Å². The lowest BCUT2D eigenvalue weighted by Crippen LogP contribution is -2.45. The zero-order valence-corrected chi connectivity index (χ0v) is 11.4. The van der Waals surface area contributed by atoms with E-state index >= 15 is 0 Å². The number of guanidine groups is 1. The normalized spacial score (nSPS) is 32.1. The molecule has 2 N–H and O–H groups in total. The highest BCUT2D eigenvalue weighted by Crippen LogP contribution is 2.26. The van der Waals surface area contributed by atoms with Crippen molar-refractivity contribution >= 4 is 5.96 Å². The Balaban J connectivity index is 2.01. The molecule has 0 aromatic rings. The van der Waals surface area contributed by atoms with Gasteiger partial charge in [-0.15, -0.1) is 0 Å². The van der Waals surface area contributed by atoms with E-state index in [0.717, 1.165) is 5.96 Å². The highest BCUT2D eigenvalue weighted by atomic mass is 15.3. The van der Waals surface area contributed by atoms with E-state index in [0.29, 0.717) is 18.1 Å². The first-order valence-corrected chi connectivity index (χ1v) is 7.34. The van der Waals surface area contributed by atoms with Gasteiger partial charge in [-0.3, -0.25) is 0 Å². The lowest BCUT2D eigenvalue weighted by atomic mass is 9.96. The molecular formula is C14H27N3. The van der Waals surface area contributed by atoms with E-state index in [2.05, 4.69) is 18.7 Å². The molecule has 1 aliphatic carbocycles. The second-order valence-corrected chi connectivity index (χ2v) is 5.67. The summed E-state index contributed by atoms with van der Waals surface area (Å²) in [4.78, 5) is 7.16. The van der Waals surface area contributed by atoms with Gasteiger partial charge >= 0.3 is 0 Å². The van der Waals surface area contributed by atoms with Crippen LogP contribution in [0.5, 0.6) is 0 Å². The minimum absolute atomic E-state index is 0.494. The molecule has 1 aliphatic heterocycles. The molecule has 17 heavy (non-hydrogen) atoms. The van der Waals surface area contributed by atoms with Crippen LogP contribution in [0, 0.1) is 0 Å². The molecule has 2 rings (SSSR count). The van der Waals surface area contributed by atoms with E-state index in [-0.39, 0.29) is 0 Å². The summed E-state index contributed by atoms with van der Waals surface area (Å²) in [5.41, 5.74) is 6.24. The molecule has 1 heterocycles. The van der Waals surface area contributed by atoms with Crippen LogP contribution in [0.4, 0.5) is 0 Å². The maximum Gasteiger partial charge on any atom is 0.192 e. The minimum Gasteiger partial charge on any atom is -0.370 e. The van der Waals surface area contributed by atoms with Gasteiger partial charge in [-0.2, -0.15) is 0 Å². The molecule has 2 unspecified atom stereocenters. The third-order valence-corrected chi connectivity index (χ3v) is 4.41. The van der Waals surface area contributed by atoms with Crippen molar-refractivity contribution < 1.29 is 0 Å². The largest absolute Gasteiger partial charge is 0.370 e. The number of nitrogens with two attached hydrogens (primary N) is 1. The van der Waals surface area contributed by atoms with E-state index in [1.807, 2.05) is 0 Å². The summed E-state index contributed by atoms with van der Waals surface area (Å²) in [5, 5.41) is 0. The van der Waals surface area contributed by atoms with Crippen molar-refractivity contribution in [3.63, 3.8) is 0 Å². The Morgan fingerprint density at radius 2 is 1.88 bits per heavy atom. The van der Waals surface area contributed by atoms with Crippen LogP contribution in [0.3, 0.4) is 0 Å². The maximum atomic E-state index is 6.24. The minimum atomic E-state index is 0.494. The number of likely N-dealkylation sites (tertiary alicyclic amines) is 1. The molecule has 0 spiro atoms. The summed E-state index contributed by atoms with van der Waals surface area (Å²) in [6, 6.07) is 1.69. The van der Waals surface area contributed by atoms with Crippen molar-refractivity contribution in [3.8, 4) is 0 Å². The lowest BCUT2D eigenvalue weighted by Gasteiger charge is -2.30. The van der Waals surface area contributed by atoms with Gasteiger partial charge in [0.15, 0.2) is 5.96 Å². The molecule has 2 aliphatic rings. The summed E-state index contributed by atoms with van der Waals surface area (Å²) in [7, 11) is 0.